The maximum Gasteiger partial charge on any atom is 0.0774 e. The van der Waals surface area contributed by atoms with Gasteiger partial charge in [-0.1, -0.05) is 116 Å². The molecule has 0 fully saturated rings. The number of aryl methyl sites for hydroxylation is 2. The van der Waals surface area contributed by atoms with Crippen molar-refractivity contribution in [1.29, 1.82) is 0 Å². The molecular formula is C43H35IrN3O-2. The molecule has 8 aromatic rings. The average Bonchev–Trinajstić information content (AvgIpc) is 3.76. The zero-order valence-electron chi connectivity index (χ0n) is 32.4. The van der Waals surface area contributed by atoms with Gasteiger partial charge in [-0.05, 0) is 59.4 Å². The van der Waals surface area contributed by atoms with Crippen LogP contribution in [-0.2, 0) is 20.1 Å². The van der Waals surface area contributed by atoms with Crippen molar-refractivity contribution in [1.82, 2.24) is 14.5 Å². The van der Waals surface area contributed by atoms with Gasteiger partial charge in [-0.3, -0.25) is 4.98 Å². The molecule has 48 heavy (non-hydrogen) atoms. The molecule has 0 spiro atoms. The third kappa shape index (κ3) is 6.80. The summed E-state index contributed by atoms with van der Waals surface area (Å²) < 4.78 is 51.7. The Morgan fingerprint density at radius 1 is 0.771 bits per heavy atom. The minimum atomic E-state index is -2.18. The van der Waals surface area contributed by atoms with Crippen LogP contribution in [0.2, 0.25) is 0 Å². The summed E-state index contributed by atoms with van der Waals surface area (Å²) in [5, 5.41) is 1.02. The molecule has 0 saturated carbocycles. The van der Waals surface area contributed by atoms with E-state index < -0.39 is 13.7 Å². The van der Waals surface area contributed by atoms with Crippen LogP contribution in [0.3, 0.4) is 0 Å². The first-order valence-corrected chi connectivity index (χ1v) is 15.4. The first-order valence-electron chi connectivity index (χ1n) is 18.4. The van der Waals surface area contributed by atoms with E-state index in [-0.39, 0.29) is 31.2 Å². The topological polar surface area (TPSA) is 43.9 Å². The van der Waals surface area contributed by atoms with Crippen LogP contribution >= 0.6 is 0 Å². The van der Waals surface area contributed by atoms with Gasteiger partial charge < -0.3 is 14.0 Å². The van der Waals surface area contributed by atoms with Crippen LogP contribution in [0, 0.1) is 26.0 Å². The largest absolute Gasteiger partial charge is 0.557 e. The normalized spacial score (nSPS) is 13.3. The number of benzene rings is 5. The molecule has 0 unspecified atom stereocenters. The summed E-state index contributed by atoms with van der Waals surface area (Å²) in [5.74, 6) is 1.27. The zero-order chi connectivity index (χ0) is 37.3. The Labute approximate surface area is 303 Å². The third-order valence-electron chi connectivity index (χ3n) is 8.07. The number of furan rings is 1. The molecule has 0 atom stereocenters. The van der Waals surface area contributed by atoms with E-state index in [1.807, 2.05) is 18.2 Å². The summed E-state index contributed by atoms with van der Waals surface area (Å²) in [6.07, 6.45) is 4.45. The number of hydrogen-bond acceptors (Lipinski definition) is 3. The summed E-state index contributed by atoms with van der Waals surface area (Å²) in [4.78, 5) is 9.07. The van der Waals surface area contributed by atoms with Gasteiger partial charge in [0.25, 0.3) is 0 Å². The summed E-state index contributed by atoms with van der Waals surface area (Å²) in [6.45, 7) is 0.0362. The third-order valence-corrected chi connectivity index (χ3v) is 8.07. The van der Waals surface area contributed by atoms with Gasteiger partial charge in [0.2, 0.25) is 0 Å². The molecular weight excluding hydrogens is 767 g/mol. The van der Waals surface area contributed by atoms with E-state index in [2.05, 4.69) is 115 Å². The Bertz CT molecular complexity index is 2430. The molecule has 0 saturated heterocycles. The van der Waals surface area contributed by atoms with Crippen molar-refractivity contribution in [2.45, 2.75) is 33.5 Å². The van der Waals surface area contributed by atoms with Crippen LogP contribution in [0.15, 0.2) is 138 Å². The second-order valence-electron chi connectivity index (χ2n) is 11.6. The van der Waals surface area contributed by atoms with Gasteiger partial charge in [0.1, 0.15) is 0 Å². The fourth-order valence-electron chi connectivity index (χ4n) is 5.54. The van der Waals surface area contributed by atoms with E-state index in [1.165, 1.54) is 41.1 Å². The first-order chi connectivity index (χ1) is 25.4. The number of imidazole rings is 1. The van der Waals surface area contributed by atoms with E-state index in [4.69, 9.17) is 17.6 Å². The number of pyridine rings is 1. The van der Waals surface area contributed by atoms with Gasteiger partial charge in [-0.2, -0.15) is 0 Å². The molecule has 3 aromatic heterocycles. The molecule has 0 aliphatic carbocycles. The zero-order valence-corrected chi connectivity index (χ0v) is 28.8. The number of hydrogen-bond donors (Lipinski definition) is 0. The van der Waals surface area contributed by atoms with Crippen molar-refractivity contribution in [3.05, 3.63) is 163 Å². The Morgan fingerprint density at radius 3 is 2.23 bits per heavy atom. The fraction of sp³-hybridized carbons (Fsp3) is 0.116. The number of aromatic nitrogens is 3. The van der Waals surface area contributed by atoms with E-state index in [0.29, 0.717) is 17.2 Å². The quantitative estimate of drug-likeness (QED) is 0.163. The average molecular weight is 808 g/mol. The predicted molar refractivity (Wildman–Crippen MR) is 193 cm³/mol. The minimum absolute atomic E-state index is 0. The minimum Gasteiger partial charge on any atom is -0.557 e. The van der Waals surface area contributed by atoms with Crippen LogP contribution < -0.4 is 0 Å². The standard InChI is InChI=1S/C30H23N2O.C13H12N.Ir/c1-20(2)23-14-17-25-26(19-33-29(25)18-23)30-31-27-10-6-7-11-28(27)32(30)24-15-12-22(13-16-24)21-8-4-3-5-9-21;1-10-3-6-12(7-4-10)13-8-5-11(2)9-14-13;/h3-18,20H,1-2H3;3-6,8-9H,1-2H3;/q2*-1;/i;1D3,2D3;. The number of rotatable bonds is 5. The van der Waals surface area contributed by atoms with Crippen molar-refractivity contribution in [3.63, 3.8) is 0 Å². The Kier molecular flexibility index (Phi) is 7.75. The van der Waals surface area contributed by atoms with Crippen molar-refractivity contribution in [3.8, 4) is 39.5 Å². The number of fused-ring (bicyclic) bond motifs is 2. The van der Waals surface area contributed by atoms with Crippen molar-refractivity contribution in [2.75, 3.05) is 0 Å². The van der Waals surface area contributed by atoms with Crippen LogP contribution in [0.4, 0.5) is 0 Å². The summed E-state index contributed by atoms with van der Waals surface area (Å²) >= 11 is 0. The van der Waals surface area contributed by atoms with Gasteiger partial charge in [0.15, 0.2) is 0 Å². The van der Waals surface area contributed by atoms with E-state index in [9.17, 15) is 0 Å². The van der Waals surface area contributed by atoms with Crippen LogP contribution in [-0.4, -0.2) is 14.5 Å². The number of nitrogens with zero attached hydrogens (tertiary/aromatic N) is 3. The molecule has 8 rings (SSSR count). The van der Waals surface area contributed by atoms with Gasteiger partial charge in [0, 0.05) is 52.1 Å². The molecule has 0 N–H and O–H groups in total. The molecule has 1 radical (unpaired) electrons. The maximum absolute atomic E-state index is 7.28. The maximum atomic E-state index is 7.28. The van der Waals surface area contributed by atoms with Crippen molar-refractivity contribution >= 4 is 22.0 Å². The van der Waals surface area contributed by atoms with Crippen LogP contribution in [0.1, 0.15) is 44.7 Å². The summed E-state index contributed by atoms with van der Waals surface area (Å²) in [5.41, 5.74) is 9.97. The monoisotopic (exact) mass is 808 g/mol. The molecule has 3 heterocycles. The molecule has 0 aliphatic heterocycles. The molecule has 0 amide bonds. The van der Waals surface area contributed by atoms with Crippen molar-refractivity contribution in [2.24, 2.45) is 0 Å². The second kappa shape index (κ2) is 14.4. The molecule has 0 bridgehead atoms. The van der Waals surface area contributed by atoms with E-state index >= 15 is 0 Å². The number of para-hydroxylation sites is 2. The second-order valence-corrected chi connectivity index (χ2v) is 11.6. The van der Waals surface area contributed by atoms with Gasteiger partial charge in [-0.25, -0.2) is 0 Å². The predicted octanol–water partition coefficient (Wildman–Crippen LogP) is 11.2. The Morgan fingerprint density at radius 2 is 1.52 bits per heavy atom. The van der Waals surface area contributed by atoms with Gasteiger partial charge in [-0.15, -0.1) is 41.5 Å². The SMILES string of the molecule is CC(C)c1ccc2c(-c3nc4ccccc4n3-c3ccc(-c4ccccc4)cc3)[c-]oc2c1.[2H]C([2H])([2H])c1c[c-]c(-c2ccc(C([2H])([2H])[2H])cn2)cc1.[Ir]. The molecule has 5 aromatic carbocycles. The molecule has 5 heteroatoms. The molecule has 239 valence electrons. The van der Waals surface area contributed by atoms with Gasteiger partial charge >= 0.3 is 0 Å². The van der Waals surface area contributed by atoms with Gasteiger partial charge in [0.05, 0.1) is 16.9 Å². The fourth-order valence-corrected chi connectivity index (χ4v) is 5.54. The summed E-state index contributed by atoms with van der Waals surface area (Å²) in [7, 11) is 0. The Balaban J connectivity index is 0.000000205. The first kappa shape index (κ1) is 25.9. The smallest absolute Gasteiger partial charge is 0.0774 e. The van der Waals surface area contributed by atoms with E-state index in [1.54, 1.807) is 12.1 Å². The molecule has 0 aliphatic rings. The molecule has 4 nitrogen and oxygen atoms in total. The van der Waals surface area contributed by atoms with Crippen LogP contribution in [0.5, 0.6) is 0 Å². The van der Waals surface area contributed by atoms with E-state index in [0.717, 1.165) is 39.1 Å². The summed E-state index contributed by atoms with van der Waals surface area (Å²) in [6, 6.07) is 44.1. The van der Waals surface area contributed by atoms with Crippen molar-refractivity contribution < 1.29 is 32.7 Å². The Hall–Kier alpha value is -5.09. The van der Waals surface area contributed by atoms with Crippen LogP contribution in [0.25, 0.3) is 61.5 Å².